The van der Waals surface area contributed by atoms with Crippen LogP contribution in [0.3, 0.4) is 0 Å². The van der Waals surface area contributed by atoms with Crippen molar-refractivity contribution in [2.75, 3.05) is 19.7 Å². The molecule has 2 N–H and O–H groups in total. The van der Waals surface area contributed by atoms with Gasteiger partial charge in [-0.1, -0.05) is 12.1 Å². The zero-order valence-electron chi connectivity index (χ0n) is 15.3. The molecule has 27 heavy (non-hydrogen) atoms. The van der Waals surface area contributed by atoms with Gasteiger partial charge in [0.2, 0.25) is 5.91 Å². The first-order chi connectivity index (χ1) is 13.2. The van der Waals surface area contributed by atoms with Crippen LogP contribution in [0, 0.1) is 11.8 Å². The summed E-state index contributed by atoms with van der Waals surface area (Å²) in [6.07, 6.45) is 5.34. The number of aliphatic hydroxyl groups excluding tert-OH is 1. The number of rotatable bonds is 2. The van der Waals surface area contributed by atoms with E-state index in [1.54, 1.807) is 0 Å². The highest BCUT2D eigenvalue weighted by atomic mass is 16.3. The number of H-pyrrole nitrogens is 1. The van der Waals surface area contributed by atoms with Crippen molar-refractivity contribution in [1.82, 2.24) is 14.8 Å². The molecule has 142 valence electrons. The molecule has 3 aliphatic heterocycles. The molecule has 2 bridgehead atoms. The Balaban J connectivity index is 1.46. The van der Waals surface area contributed by atoms with Crippen molar-refractivity contribution in [3.63, 3.8) is 0 Å². The number of carbonyl (C=O) groups excluding carboxylic acids is 2. The van der Waals surface area contributed by atoms with Crippen LogP contribution >= 0.6 is 0 Å². The molecule has 6 heteroatoms. The van der Waals surface area contributed by atoms with E-state index in [-0.39, 0.29) is 36.4 Å². The first kappa shape index (κ1) is 16.8. The normalized spacial score (nSPS) is 30.5. The van der Waals surface area contributed by atoms with Gasteiger partial charge in [-0.25, -0.2) is 0 Å². The maximum atomic E-state index is 13.3. The molecule has 0 aliphatic carbocycles. The summed E-state index contributed by atoms with van der Waals surface area (Å²) < 4.78 is 0. The van der Waals surface area contributed by atoms with E-state index in [1.165, 1.54) is 0 Å². The van der Waals surface area contributed by atoms with Gasteiger partial charge in [0.15, 0.2) is 0 Å². The highest BCUT2D eigenvalue weighted by Crippen LogP contribution is 2.41. The van der Waals surface area contributed by atoms with E-state index >= 15 is 0 Å². The zero-order chi connectivity index (χ0) is 18.5. The molecule has 3 saturated heterocycles. The molecule has 0 unspecified atom stereocenters. The molecule has 1 aromatic carbocycles. The number of likely N-dealkylation sites (tertiary alicyclic amines) is 1. The Labute approximate surface area is 158 Å². The predicted octanol–water partition coefficient (Wildman–Crippen LogP) is 2.00. The summed E-state index contributed by atoms with van der Waals surface area (Å²) in [5.74, 6) is 0.683. The number of para-hydroxylation sites is 1. The number of benzene rings is 1. The van der Waals surface area contributed by atoms with Gasteiger partial charge in [0.05, 0.1) is 23.7 Å². The fourth-order valence-corrected chi connectivity index (χ4v) is 5.61. The summed E-state index contributed by atoms with van der Waals surface area (Å²) in [5, 5.41) is 11.1. The molecule has 2 amide bonds. The lowest BCUT2D eigenvalue weighted by molar-refractivity contribution is -0.154. The summed E-state index contributed by atoms with van der Waals surface area (Å²) in [6, 6.07) is 7.79. The minimum atomic E-state index is -0.157. The van der Waals surface area contributed by atoms with Crippen molar-refractivity contribution in [2.45, 2.75) is 37.8 Å². The van der Waals surface area contributed by atoms with Gasteiger partial charge in [-0.05, 0) is 43.2 Å². The van der Waals surface area contributed by atoms with Gasteiger partial charge in [-0.2, -0.15) is 0 Å². The van der Waals surface area contributed by atoms with Crippen LogP contribution in [0.2, 0.25) is 0 Å². The monoisotopic (exact) mass is 367 g/mol. The van der Waals surface area contributed by atoms with E-state index in [4.69, 9.17) is 0 Å². The Morgan fingerprint density at radius 3 is 2.93 bits per heavy atom. The van der Waals surface area contributed by atoms with Gasteiger partial charge in [-0.15, -0.1) is 0 Å². The molecule has 0 spiro atoms. The average molecular weight is 367 g/mol. The van der Waals surface area contributed by atoms with Crippen LogP contribution in [-0.4, -0.2) is 63.5 Å². The van der Waals surface area contributed by atoms with Gasteiger partial charge >= 0.3 is 0 Å². The van der Waals surface area contributed by atoms with Crippen LogP contribution in [0.5, 0.6) is 0 Å². The maximum Gasteiger partial charge on any atom is 0.256 e. The molecule has 0 saturated carbocycles. The van der Waals surface area contributed by atoms with Crippen LogP contribution in [-0.2, 0) is 4.79 Å². The smallest absolute Gasteiger partial charge is 0.256 e. The number of hydrogen-bond acceptors (Lipinski definition) is 3. The Morgan fingerprint density at radius 2 is 2.07 bits per heavy atom. The number of aliphatic hydroxyl groups is 1. The van der Waals surface area contributed by atoms with Crippen LogP contribution < -0.4 is 0 Å². The fourth-order valence-electron chi connectivity index (χ4n) is 5.61. The minimum absolute atomic E-state index is 0.0200. The Morgan fingerprint density at radius 1 is 1.22 bits per heavy atom. The molecule has 0 radical (unpaired) electrons. The van der Waals surface area contributed by atoms with Crippen molar-refractivity contribution >= 4 is 22.7 Å². The molecule has 6 nitrogen and oxygen atoms in total. The number of carbonyl (C=O) groups is 2. The summed E-state index contributed by atoms with van der Waals surface area (Å²) >= 11 is 0. The number of nitrogens with zero attached hydrogens (tertiary/aromatic N) is 2. The maximum absolute atomic E-state index is 13.3. The molecular formula is C21H25N3O3. The number of aromatic nitrogens is 1. The lowest BCUT2D eigenvalue weighted by Gasteiger charge is -2.56. The van der Waals surface area contributed by atoms with Crippen LogP contribution in [0.15, 0.2) is 30.5 Å². The van der Waals surface area contributed by atoms with E-state index in [2.05, 4.69) is 4.98 Å². The summed E-state index contributed by atoms with van der Waals surface area (Å²) in [6.45, 7) is 1.28. The third kappa shape index (κ3) is 2.57. The Kier molecular flexibility index (Phi) is 3.97. The van der Waals surface area contributed by atoms with Gasteiger partial charge in [0.1, 0.15) is 0 Å². The van der Waals surface area contributed by atoms with Gasteiger partial charge in [-0.3, -0.25) is 9.59 Å². The second kappa shape index (κ2) is 6.37. The molecular weight excluding hydrogens is 342 g/mol. The molecule has 5 rings (SSSR count). The Hall–Kier alpha value is -2.34. The molecule has 3 fully saturated rings. The standard InChI is InChI=1S/C21H25N3O3/c25-12-18-15-9-14(17-5-2-6-19(26)24(17)18)10-23(11-15)21(27)16-4-1-3-13-7-8-22-20(13)16/h1,3-4,7-8,14-15,17-18,22,25H,2,5-6,9-12H2/t14-,15+,17+,18+/m1/s1. The summed E-state index contributed by atoms with van der Waals surface area (Å²) in [4.78, 5) is 32.9. The van der Waals surface area contributed by atoms with E-state index in [9.17, 15) is 14.7 Å². The lowest BCUT2D eigenvalue weighted by Crippen LogP contribution is -2.66. The van der Waals surface area contributed by atoms with Crippen molar-refractivity contribution in [1.29, 1.82) is 0 Å². The van der Waals surface area contributed by atoms with Gasteiger partial charge < -0.3 is 19.9 Å². The molecule has 4 heterocycles. The molecule has 3 aliphatic rings. The number of piperidine rings is 3. The van der Waals surface area contributed by atoms with Crippen LogP contribution in [0.25, 0.3) is 10.9 Å². The molecule has 4 atom stereocenters. The van der Waals surface area contributed by atoms with E-state index in [1.807, 2.05) is 40.3 Å². The SMILES string of the molecule is O=C(c1cccc2cc[nH]c12)N1C[C@H]2C[C@@H](C1)[C@H](CO)N1C(=O)CCC[C@@H]21. The number of hydrogen-bond donors (Lipinski definition) is 2. The molecule has 1 aromatic heterocycles. The fraction of sp³-hybridized carbons (Fsp3) is 0.524. The highest BCUT2D eigenvalue weighted by molar-refractivity contribution is 6.05. The third-order valence-corrected chi connectivity index (χ3v) is 6.79. The van der Waals surface area contributed by atoms with E-state index in [0.29, 0.717) is 31.0 Å². The third-order valence-electron chi connectivity index (χ3n) is 6.79. The number of amides is 2. The zero-order valence-corrected chi connectivity index (χ0v) is 15.3. The van der Waals surface area contributed by atoms with E-state index in [0.717, 1.165) is 30.2 Å². The second-order valence-electron chi connectivity index (χ2n) is 8.22. The first-order valence-corrected chi connectivity index (χ1v) is 9.94. The van der Waals surface area contributed by atoms with Gasteiger partial charge in [0.25, 0.3) is 5.91 Å². The first-order valence-electron chi connectivity index (χ1n) is 9.94. The topological polar surface area (TPSA) is 76.6 Å². The average Bonchev–Trinajstić information content (AvgIpc) is 3.17. The quantitative estimate of drug-likeness (QED) is 0.852. The van der Waals surface area contributed by atoms with Crippen molar-refractivity contribution in [3.8, 4) is 0 Å². The lowest BCUT2D eigenvalue weighted by atomic mass is 9.72. The molecule has 2 aromatic rings. The van der Waals surface area contributed by atoms with E-state index < -0.39 is 0 Å². The van der Waals surface area contributed by atoms with Crippen molar-refractivity contribution < 1.29 is 14.7 Å². The van der Waals surface area contributed by atoms with Crippen LogP contribution in [0.4, 0.5) is 0 Å². The van der Waals surface area contributed by atoms with Crippen molar-refractivity contribution in [2.24, 2.45) is 11.8 Å². The number of fused-ring (bicyclic) bond motifs is 5. The summed E-state index contributed by atoms with van der Waals surface area (Å²) in [7, 11) is 0. The second-order valence-corrected chi connectivity index (χ2v) is 8.22. The number of aromatic amines is 1. The summed E-state index contributed by atoms with van der Waals surface area (Å²) in [5.41, 5.74) is 1.58. The van der Waals surface area contributed by atoms with Crippen molar-refractivity contribution in [3.05, 3.63) is 36.0 Å². The minimum Gasteiger partial charge on any atom is -0.394 e. The Bertz CT molecular complexity index is 878. The largest absolute Gasteiger partial charge is 0.394 e. The van der Waals surface area contributed by atoms with Gasteiger partial charge in [0, 0.05) is 37.1 Å². The predicted molar refractivity (Wildman–Crippen MR) is 101 cm³/mol. The highest BCUT2D eigenvalue weighted by Gasteiger charge is 2.49. The number of nitrogens with one attached hydrogen (secondary N) is 1. The van der Waals surface area contributed by atoms with Crippen LogP contribution in [0.1, 0.15) is 36.0 Å².